The highest BCUT2D eigenvalue weighted by Crippen LogP contribution is 2.35. The van der Waals surface area contributed by atoms with Crippen molar-refractivity contribution in [3.05, 3.63) is 12.7 Å². The Bertz CT molecular complexity index is 261. The molecule has 1 saturated heterocycles. The minimum Gasteiger partial charge on any atom is -0.481 e. The van der Waals surface area contributed by atoms with Crippen molar-refractivity contribution in [2.45, 2.75) is 45.4 Å². The number of aliphatic carboxylic acids is 1. The second-order valence-electron chi connectivity index (χ2n) is 5.15. The molecule has 0 radical (unpaired) electrons. The molecule has 0 saturated carbocycles. The molecule has 1 aliphatic heterocycles. The zero-order valence-corrected chi connectivity index (χ0v) is 11.0. The first-order valence-corrected chi connectivity index (χ1v) is 6.71. The van der Waals surface area contributed by atoms with Gasteiger partial charge in [0.1, 0.15) is 0 Å². The number of unbranched alkanes of at least 4 members (excludes halogenated alkanes) is 1. The Morgan fingerprint density at radius 1 is 1.59 bits per heavy atom. The van der Waals surface area contributed by atoms with E-state index in [-0.39, 0.29) is 0 Å². The Kier molecular flexibility index (Phi) is 5.69. The van der Waals surface area contributed by atoms with Gasteiger partial charge < -0.3 is 10.0 Å². The summed E-state index contributed by atoms with van der Waals surface area (Å²) in [6, 6.07) is 0. The van der Waals surface area contributed by atoms with Crippen molar-refractivity contribution < 1.29 is 9.90 Å². The fraction of sp³-hybridized carbons (Fsp3) is 0.786. The highest BCUT2D eigenvalue weighted by atomic mass is 16.4. The average molecular weight is 239 g/mol. The van der Waals surface area contributed by atoms with Crippen LogP contribution in [0.1, 0.15) is 45.4 Å². The molecule has 1 atom stereocenters. The van der Waals surface area contributed by atoms with Gasteiger partial charge in [-0.05, 0) is 45.2 Å². The molecule has 1 aliphatic rings. The van der Waals surface area contributed by atoms with Gasteiger partial charge in [0, 0.05) is 6.54 Å². The zero-order valence-electron chi connectivity index (χ0n) is 11.0. The Morgan fingerprint density at radius 3 is 2.94 bits per heavy atom. The van der Waals surface area contributed by atoms with E-state index < -0.39 is 11.4 Å². The highest BCUT2D eigenvalue weighted by molar-refractivity contribution is 5.75. The Hall–Kier alpha value is -0.830. The van der Waals surface area contributed by atoms with Gasteiger partial charge in [-0.15, -0.1) is 6.58 Å². The normalized spacial score (nSPS) is 25.7. The van der Waals surface area contributed by atoms with E-state index in [9.17, 15) is 9.90 Å². The lowest BCUT2D eigenvalue weighted by Gasteiger charge is -2.40. The van der Waals surface area contributed by atoms with Gasteiger partial charge in [0.2, 0.25) is 0 Å². The van der Waals surface area contributed by atoms with Gasteiger partial charge in [-0.2, -0.15) is 0 Å². The summed E-state index contributed by atoms with van der Waals surface area (Å²) in [6.45, 7) is 8.57. The van der Waals surface area contributed by atoms with Gasteiger partial charge in [0.05, 0.1) is 5.41 Å². The van der Waals surface area contributed by atoms with Crippen molar-refractivity contribution in [2.75, 3.05) is 19.6 Å². The lowest BCUT2D eigenvalue weighted by molar-refractivity contribution is -0.153. The fourth-order valence-corrected chi connectivity index (χ4v) is 2.84. The van der Waals surface area contributed by atoms with E-state index in [0.717, 1.165) is 58.2 Å². The second kappa shape index (κ2) is 6.80. The van der Waals surface area contributed by atoms with Crippen LogP contribution in [0.25, 0.3) is 0 Å². The number of carbonyl (C=O) groups is 1. The van der Waals surface area contributed by atoms with Crippen molar-refractivity contribution in [2.24, 2.45) is 5.41 Å². The third-order valence-electron chi connectivity index (χ3n) is 3.72. The van der Waals surface area contributed by atoms with Crippen molar-refractivity contribution in [1.29, 1.82) is 0 Å². The van der Waals surface area contributed by atoms with Crippen LogP contribution in [-0.4, -0.2) is 35.6 Å². The van der Waals surface area contributed by atoms with Crippen LogP contribution in [0, 0.1) is 5.41 Å². The summed E-state index contributed by atoms with van der Waals surface area (Å²) in [6.07, 6.45) is 7.65. The van der Waals surface area contributed by atoms with Gasteiger partial charge >= 0.3 is 5.97 Å². The SMILES string of the molecule is C=CCCCN1CCCC(CCC)(C(=O)O)C1. The van der Waals surface area contributed by atoms with Crippen molar-refractivity contribution >= 4 is 5.97 Å². The van der Waals surface area contributed by atoms with Crippen molar-refractivity contribution in [3.63, 3.8) is 0 Å². The molecule has 3 heteroatoms. The van der Waals surface area contributed by atoms with E-state index in [2.05, 4.69) is 18.4 Å². The van der Waals surface area contributed by atoms with Crippen LogP contribution in [0.4, 0.5) is 0 Å². The lowest BCUT2D eigenvalue weighted by atomic mass is 9.76. The van der Waals surface area contributed by atoms with Crippen LogP contribution in [0.15, 0.2) is 12.7 Å². The molecule has 0 aromatic carbocycles. The quantitative estimate of drug-likeness (QED) is 0.548. The first-order valence-electron chi connectivity index (χ1n) is 6.71. The molecule has 17 heavy (non-hydrogen) atoms. The number of likely N-dealkylation sites (tertiary alicyclic amines) is 1. The van der Waals surface area contributed by atoms with E-state index in [1.165, 1.54) is 0 Å². The maximum absolute atomic E-state index is 11.5. The van der Waals surface area contributed by atoms with E-state index in [1.54, 1.807) is 0 Å². The molecular weight excluding hydrogens is 214 g/mol. The summed E-state index contributed by atoms with van der Waals surface area (Å²) in [7, 11) is 0. The predicted molar refractivity (Wildman–Crippen MR) is 70.1 cm³/mol. The molecule has 1 rings (SSSR count). The van der Waals surface area contributed by atoms with Crippen LogP contribution in [0.3, 0.4) is 0 Å². The van der Waals surface area contributed by atoms with Gasteiger partial charge in [-0.1, -0.05) is 19.4 Å². The summed E-state index contributed by atoms with van der Waals surface area (Å²) in [4.78, 5) is 13.8. The molecule has 1 heterocycles. The summed E-state index contributed by atoms with van der Waals surface area (Å²) in [5.74, 6) is -0.604. The number of nitrogens with zero attached hydrogens (tertiary/aromatic N) is 1. The molecule has 0 aromatic heterocycles. The minimum absolute atomic E-state index is 0.485. The second-order valence-corrected chi connectivity index (χ2v) is 5.15. The first-order chi connectivity index (χ1) is 8.14. The smallest absolute Gasteiger partial charge is 0.310 e. The van der Waals surface area contributed by atoms with Gasteiger partial charge in [-0.25, -0.2) is 0 Å². The summed E-state index contributed by atoms with van der Waals surface area (Å²) in [5, 5.41) is 9.47. The van der Waals surface area contributed by atoms with Crippen LogP contribution in [0.2, 0.25) is 0 Å². The van der Waals surface area contributed by atoms with E-state index in [0.29, 0.717) is 0 Å². The van der Waals surface area contributed by atoms with Gasteiger partial charge in [-0.3, -0.25) is 4.79 Å². The van der Waals surface area contributed by atoms with E-state index >= 15 is 0 Å². The van der Waals surface area contributed by atoms with Gasteiger partial charge in [0.15, 0.2) is 0 Å². The Labute approximate surface area is 105 Å². The molecule has 1 fully saturated rings. The molecule has 0 bridgehead atoms. The highest BCUT2D eigenvalue weighted by Gasteiger charge is 2.41. The first kappa shape index (κ1) is 14.2. The Morgan fingerprint density at radius 2 is 2.35 bits per heavy atom. The number of hydrogen-bond acceptors (Lipinski definition) is 2. The van der Waals surface area contributed by atoms with Gasteiger partial charge in [0.25, 0.3) is 0 Å². The number of allylic oxidation sites excluding steroid dienone is 1. The molecule has 0 amide bonds. The number of hydrogen-bond donors (Lipinski definition) is 1. The molecular formula is C14H25NO2. The third-order valence-corrected chi connectivity index (χ3v) is 3.72. The number of carboxylic acid groups (broad SMARTS) is 1. The van der Waals surface area contributed by atoms with Crippen molar-refractivity contribution in [1.82, 2.24) is 4.90 Å². The Balaban J connectivity index is 2.55. The minimum atomic E-state index is -0.604. The van der Waals surface area contributed by atoms with Crippen molar-refractivity contribution in [3.8, 4) is 0 Å². The molecule has 3 nitrogen and oxygen atoms in total. The number of rotatable bonds is 7. The molecule has 0 spiro atoms. The molecule has 1 N–H and O–H groups in total. The summed E-state index contributed by atoms with van der Waals surface area (Å²) >= 11 is 0. The third kappa shape index (κ3) is 3.84. The fourth-order valence-electron chi connectivity index (χ4n) is 2.84. The monoisotopic (exact) mass is 239 g/mol. The maximum Gasteiger partial charge on any atom is 0.310 e. The topological polar surface area (TPSA) is 40.5 Å². The largest absolute Gasteiger partial charge is 0.481 e. The average Bonchev–Trinajstić information content (AvgIpc) is 2.30. The maximum atomic E-state index is 11.5. The predicted octanol–water partition coefficient (Wildman–Crippen LogP) is 2.92. The lowest BCUT2D eigenvalue weighted by Crippen LogP contribution is -2.48. The van der Waals surface area contributed by atoms with E-state index in [1.807, 2.05) is 6.08 Å². The zero-order chi connectivity index (χ0) is 12.7. The number of piperidine rings is 1. The standard InChI is InChI=1S/C14H25NO2/c1-3-5-6-10-15-11-7-9-14(12-15,8-4-2)13(16)17/h3H,1,4-12H2,2H3,(H,16,17). The molecule has 1 unspecified atom stereocenters. The van der Waals surface area contributed by atoms with Crippen LogP contribution in [-0.2, 0) is 4.79 Å². The van der Waals surface area contributed by atoms with E-state index in [4.69, 9.17) is 0 Å². The summed E-state index contributed by atoms with van der Waals surface area (Å²) in [5.41, 5.74) is -0.485. The van der Waals surface area contributed by atoms with Crippen LogP contribution < -0.4 is 0 Å². The molecule has 98 valence electrons. The molecule has 0 aliphatic carbocycles. The number of carboxylic acids is 1. The van der Waals surface area contributed by atoms with Crippen LogP contribution >= 0.6 is 0 Å². The molecule has 0 aromatic rings. The van der Waals surface area contributed by atoms with Crippen LogP contribution in [0.5, 0.6) is 0 Å². The summed E-state index contributed by atoms with van der Waals surface area (Å²) < 4.78 is 0.